The standard InChI is InChI=1S/C15H18N4O2/c1-11-17-14(21-18-11)15-9-19(6-12(15)8-20-10-15)7-13-4-2-3-5-16-13/h2-5,12H,6-10H2,1H3/t12-,15-/m1/s1. The predicted molar refractivity (Wildman–Crippen MR) is 74.5 cm³/mol. The van der Waals surface area contributed by atoms with Crippen LogP contribution in [0.4, 0.5) is 0 Å². The highest BCUT2D eigenvalue weighted by Gasteiger charge is 2.55. The van der Waals surface area contributed by atoms with E-state index in [1.54, 1.807) is 0 Å². The van der Waals surface area contributed by atoms with Crippen molar-refractivity contribution in [1.82, 2.24) is 20.0 Å². The van der Waals surface area contributed by atoms with Crippen LogP contribution in [0, 0.1) is 12.8 Å². The van der Waals surface area contributed by atoms with Crippen molar-refractivity contribution in [2.75, 3.05) is 26.3 Å². The van der Waals surface area contributed by atoms with E-state index in [4.69, 9.17) is 9.26 Å². The number of fused-ring (bicyclic) bond motifs is 1. The maximum Gasteiger partial charge on any atom is 0.236 e. The van der Waals surface area contributed by atoms with Gasteiger partial charge in [0.2, 0.25) is 5.89 Å². The lowest BCUT2D eigenvalue weighted by Gasteiger charge is -2.22. The first-order valence-corrected chi connectivity index (χ1v) is 7.27. The number of aryl methyl sites for hydroxylation is 1. The molecule has 6 nitrogen and oxygen atoms in total. The number of hydrogen-bond donors (Lipinski definition) is 0. The Kier molecular flexibility index (Phi) is 3.01. The summed E-state index contributed by atoms with van der Waals surface area (Å²) >= 11 is 0. The van der Waals surface area contributed by atoms with Gasteiger partial charge in [-0.15, -0.1) is 0 Å². The number of rotatable bonds is 3. The quantitative estimate of drug-likeness (QED) is 0.844. The molecule has 0 aliphatic carbocycles. The molecule has 2 fully saturated rings. The average Bonchev–Trinajstić information content (AvgIpc) is 3.14. The van der Waals surface area contributed by atoms with Crippen molar-refractivity contribution >= 4 is 0 Å². The van der Waals surface area contributed by atoms with Crippen LogP contribution in [-0.2, 0) is 16.7 Å². The zero-order chi connectivity index (χ0) is 14.3. The smallest absolute Gasteiger partial charge is 0.236 e. The molecule has 2 aliphatic rings. The van der Waals surface area contributed by atoms with Gasteiger partial charge < -0.3 is 9.26 Å². The molecule has 0 amide bonds. The van der Waals surface area contributed by atoms with Gasteiger partial charge in [-0.1, -0.05) is 11.2 Å². The van der Waals surface area contributed by atoms with Gasteiger partial charge in [0.15, 0.2) is 5.82 Å². The molecule has 0 radical (unpaired) electrons. The Bertz CT molecular complexity index is 630. The molecule has 0 aromatic carbocycles. The van der Waals surface area contributed by atoms with Crippen molar-refractivity contribution in [3.05, 3.63) is 41.8 Å². The van der Waals surface area contributed by atoms with E-state index in [-0.39, 0.29) is 5.41 Å². The number of hydrogen-bond acceptors (Lipinski definition) is 6. The first-order valence-electron chi connectivity index (χ1n) is 7.27. The molecule has 0 saturated carbocycles. The summed E-state index contributed by atoms with van der Waals surface area (Å²) < 4.78 is 11.2. The number of aromatic nitrogens is 3. The van der Waals surface area contributed by atoms with Crippen LogP contribution in [0.5, 0.6) is 0 Å². The monoisotopic (exact) mass is 286 g/mol. The van der Waals surface area contributed by atoms with Gasteiger partial charge in [0.25, 0.3) is 0 Å². The van der Waals surface area contributed by atoms with Gasteiger partial charge in [-0.25, -0.2) is 0 Å². The van der Waals surface area contributed by atoms with Gasteiger partial charge in [0, 0.05) is 31.7 Å². The van der Waals surface area contributed by atoms with E-state index in [1.807, 2.05) is 25.3 Å². The summed E-state index contributed by atoms with van der Waals surface area (Å²) in [6.45, 7) is 6.01. The molecular weight excluding hydrogens is 268 g/mol. The van der Waals surface area contributed by atoms with Crippen molar-refractivity contribution in [2.24, 2.45) is 5.92 Å². The molecular formula is C15H18N4O2. The zero-order valence-electron chi connectivity index (χ0n) is 12.0. The SMILES string of the molecule is Cc1noc([C@]23COC[C@H]2CN(Cc2ccccn2)C3)n1. The van der Waals surface area contributed by atoms with Crippen LogP contribution < -0.4 is 0 Å². The fourth-order valence-electron chi connectivity index (χ4n) is 3.48. The van der Waals surface area contributed by atoms with Crippen LogP contribution in [0.1, 0.15) is 17.4 Å². The second-order valence-corrected chi connectivity index (χ2v) is 6.01. The molecule has 2 aromatic rings. The van der Waals surface area contributed by atoms with Gasteiger partial charge in [-0.2, -0.15) is 4.98 Å². The van der Waals surface area contributed by atoms with E-state index >= 15 is 0 Å². The lowest BCUT2D eigenvalue weighted by atomic mass is 9.81. The Morgan fingerprint density at radius 2 is 2.38 bits per heavy atom. The van der Waals surface area contributed by atoms with E-state index in [1.165, 1.54) is 0 Å². The third-order valence-corrected chi connectivity index (χ3v) is 4.51. The maximum absolute atomic E-state index is 5.71. The number of nitrogens with zero attached hydrogens (tertiary/aromatic N) is 4. The number of ether oxygens (including phenoxy) is 1. The molecule has 2 atom stereocenters. The molecule has 2 saturated heterocycles. The van der Waals surface area contributed by atoms with Crippen molar-refractivity contribution in [1.29, 1.82) is 0 Å². The molecule has 4 rings (SSSR count). The first-order chi connectivity index (χ1) is 10.3. The maximum atomic E-state index is 5.71. The Labute approximate surface area is 123 Å². The molecule has 0 bridgehead atoms. The van der Waals surface area contributed by atoms with Crippen LogP contribution in [0.3, 0.4) is 0 Å². The molecule has 0 N–H and O–H groups in total. The Morgan fingerprint density at radius 1 is 1.43 bits per heavy atom. The largest absolute Gasteiger partial charge is 0.380 e. The van der Waals surface area contributed by atoms with E-state index < -0.39 is 0 Å². The molecule has 110 valence electrons. The van der Waals surface area contributed by atoms with Crippen LogP contribution >= 0.6 is 0 Å². The third-order valence-electron chi connectivity index (χ3n) is 4.51. The van der Waals surface area contributed by atoms with Gasteiger partial charge in [-0.05, 0) is 19.1 Å². The van der Waals surface area contributed by atoms with Crippen molar-refractivity contribution in [2.45, 2.75) is 18.9 Å². The van der Waals surface area contributed by atoms with Crippen molar-refractivity contribution in [3.8, 4) is 0 Å². The van der Waals surface area contributed by atoms with Crippen LogP contribution in [-0.4, -0.2) is 46.3 Å². The van der Waals surface area contributed by atoms with E-state index in [0.717, 1.165) is 37.8 Å². The number of pyridine rings is 1. The van der Waals surface area contributed by atoms with E-state index in [0.29, 0.717) is 18.3 Å². The molecule has 0 unspecified atom stereocenters. The summed E-state index contributed by atoms with van der Waals surface area (Å²) in [5, 5.41) is 3.95. The van der Waals surface area contributed by atoms with Gasteiger partial charge in [0.05, 0.1) is 24.3 Å². The second kappa shape index (κ2) is 4.89. The molecule has 0 spiro atoms. The fourth-order valence-corrected chi connectivity index (χ4v) is 3.48. The highest BCUT2D eigenvalue weighted by molar-refractivity contribution is 5.17. The summed E-state index contributed by atoms with van der Waals surface area (Å²) in [5.74, 6) is 1.83. The summed E-state index contributed by atoms with van der Waals surface area (Å²) in [6, 6.07) is 6.03. The average molecular weight is 286 g/mol. The fraction of sp³-hybridized carbons (Fsp3) is 0.533. The van der Waals surface area contributed by atoms with Crippen LogP contribution in [0.15, 0.2) is 28.9 Å². The van der Waals surface area contributed by atoms with Crippen LogP contribution in [0.25, 0.3) is 0 Å². The van der Waals surface area contributed by atoms with Crippen LogP contribution in [0.2, 0.25) is 0 Å². The topological polar surface area (TPSA) is 64.3 Å². The molecule has 21 heavy (non-hydrogen) atoms. The summed E-state index contributed by atoms with van der Waals surface area (Å²) in [5.41, 5.74) is 0.950. The van der Waals surface area contributed by atoms with Crippen molar-refractivity contribution < 1.29 is 9.26 Å². The van der Waals surface area contributed by atoms with Gasteiger partial charge in [-0.3, -0.25) is 9.88 Å². The minimum Gasteiger partial charge on any atom is -0.380 e. The van der Waals surface area contributed by atoms with Gasteiger partial charge in [0.1, 0.15) is 0 Å². The lowest BCUT2D eigenvalue weighted by molar-refractivity contribution is 0.137. The Balaban J connectivity index is 1.57. The first kappa shape index (κ1) is 12.9. The summed E-state index contributed by atoms with van der Waals surface area (Å²) in [4.78, 5) is 11.3. The Hall–Kier alpha value is -1.79. The van der Waals surface area contributed by atoms with E-state index in [9.17, 15) is 0 Å². The van der Waals surface area contributed by atoms with Gasteiger partial charge >= 0.3 is 0 Å². The minimum absolute atomic E-state index is 0.143. The second-order valence-electron chi connectivity index (χ2n) is 6.01. The highest BCUT2D eigenvalue weighted by Crippen LogP contribution is 2.43. The zero-order valence-corrected chi connectivity index (χ0v) is 12.0. The molecule has 2 aliphatic heterocycles. The van der Waals surface area contributed by atoms with Crippen molar-refractivity contribution in [3.63, 3.8) is 0 Å². The minimum atomic E-state index is -0.143. The highest BCUT2D eigenvalue weighted by atomic mass is 16.5. The lowest BCUT2D eigenvalue weighted by Crippen LogP contribution is -2.35. The number of likely N-dealkylation sites (tertiary alicyclic amines) is 1. The van der Waals surface area contributed by atoms with E-state index in [2.05, 4.69) is 26.1 Å². The Morgan fingerprint density at radius 3 is 3.14 bits per heavy atom. The molecule has 6 heteroatoms. The normalized spacial score (nSPS) is 28.9. The predicted octanol–water partition coefficient (Wildman–Crippen LogP) is 1.17. The summed E-state index contributed by atoms with van der Waals surface area (Å²) in [7, 11) is 0. The third kappa shape index (κ3) is 2.15. The summed E-state index contributed by atoms with van der Waals surface area (Å²) in [6.07, 6.45) is 1.84. The molecule has 4 heterocycles. The molecule has 2 aromatic heterocycles.